The van der Waals surface area contributed by atoms with Crippen LogP contribution in [0.2, 0.25) is 5.02 Å². The van der Waals surface area contributed by atoms with Gasteiger partial charge in [0.05, 0.1) is 17.2 Å². The van der Waals surface area contributed by atoms with Crippen molar-refractivity contribution in [2.75, 3.05) is 31.6 Å². The van der Waals surface area contributed by atoms with Gasteiger partial charge in [-0.3, -0.25) is 0 Å². The van der Waals surface area contributed by atoms with E-state index < -0.39 is 0 Å². The van der Waals surface area contributed by atoms with Gasteiger partial charge in [-0.15, -0.1) is 0 Å². The first kappa shape index (κ1) is 19.4. The molecule has 144 valence electrons. The smallest absolute Gasteiger partial charge is 0.339 e. The van der Waals surface area contributed by atoms with Crippen LogP contribution in [-0.4, -0.2) is 48.1 Å². The molecule has 1 atom stereocenters. The quantitative estimate of drug-likeness (QED) is 0.744. The first-order valence-electron chi connectivity index (χ1n) is 9.97. The van der Waals surface area contributed by atoms with Crippen molar-refractivity contribution in [3.63, 3.8) is 0 Å². The number of aromatic nitrogens is 1. The van der Waals surface area contributed by atoms with Crippen LogP contribution >= 0.6 is 11.6 Å². The van der Waals surface area contributed by atoms with Crippen LogP contribution < -0.4 is 5.32 Å². The SMILES string of the molecule is CCOC(=O)c1cnc(N[C@H]2CCCN(CC3CCCCC3)C2)c(Cl)c1. The molecule has 2 fully saturated rings. The Balaban J connectivity index is 1.55. The van der Waals surface area contributed by atoms with E-state index in [-0.39, 0.29) is 5.97 Å². The molecule has 2 heterocycles. The first-order valence-corrected chi connectivity index (χ1v) is 10.3. The number of halogens is 1. The third kappa shape index (κ3) is 5.34. The predicted molar refractivity (Wildman–Crippen MR) is 105 cm³/mol. The Morgan fingerprint density at radius 2 is 2.12 bits per heavy atom. The van der Waals surface area contributed by atoms with Crippen molar-refractivity contribution in [3.8, 4) is 0 Å². The molecule has 1 aliphatic heterocycles. The number of nitrogens with one attached hydrogen (secondary N) is 1. The van der Waals surface area contributed by atoms with Crippen molar-refractivity contribution in [2.24, 2.45) is 5.92 Å². The van der Waals surface area contributed by atoms with E-state index in [4.69, 9.17) is 16.3 Å². The van der Waals surface area contributed by atoms with Crippen molar-refractivity contribution in [1.29, 1.82) is 0 Å². The first-order chi connectivity index (χ1) is 12.7. The number of hydrogen-bond donors (Lipinski definition) is 1. The number of piperidine rings is 1. The van der Waals surface area contributed by atoms with Crippen LogP contribution in [0.1, 0.15) is 62.2 Å². The summed E-state index contributed by atoms with van der Waals surface area (Å²) < 4.78 is 4.99. The van der Waals surface area contributed by atoms with Crippen molar-refractivity contribution < 1.29 is 9.53 Å². The number of carbonyl (C=O) groups excluding carboxylic acids is 1. The Bertz CT molecular complexity index is 605. The minimum absolute atomic E-state index is 0.343. The van der Waals surface area contributed by atoms with E-state index in [9.17, 15) is 4.79 Å². The van der Waals surface area contributed by atoms with Gasteiger partial charge in [0.1, 0.15) is 5.82 Å². The van der Waals surface area contributed by atoms with Crippen molar-refractivity contribution >= 4 is 23.4 Å². The fourth-order valence-corrected chi connectivity index (χ4v) is 4.36. The predicted octanol–water partition coefficient (Wildman–Crippen LogP) is 4.37. The molecule has 1 N–H and O–H groups in total. The Hall–Kier alpha value is -1.33. The minimum atomic E-state index is -0.384. The molecule has 5 nitrogen and oxygen atoms in total. The normalized spacial score (nSPS) is 22.2. The molecule has 1 saturated heterocycles. The average molecular weight is 380 g/mol. The zero-order valence-corrected chi connectivity index (χ0v) is 16.4. The van der Waals surface area contributed by atoms with E-state index >= 15 is 0 Å². The number of likely N-dealkylation sites (tertiary alicyclic amines) is 1. The molecule has 26 heavy (non-hydrogen) atoms. The number of rotatable bonds is 6. The lowest BCUT2D eigenvalue weighted by Crippen LogP contribution is -2.44. The molecule has 0 aromatic carbocycles. The Morgan fingerprint density at radius 1 is 1.31 bits per heavy atom. The van der Waals surface area contributed by atoms with E-state index in [2.05, 4.69) is 15.2 Å². The fourth-order valence-electron chi connectivity index (χ4n) is 4.14. The highest BCUT2D eigenvalue weighted by Crippen LogP contribution is 2.27. The summed E-state index contributed by atoms with van der Waals surface area (Å²) in [5.74, 6) is 1.14. The lowest BCUT2D eigenvalue weighted by atomic mass is 9.88. The largest absolute Gasteiger partial charge is 0.462 e. The van der Waals surface area contributed by atoms with Gasteiger partial charge in [-0.1, -0.05) is 30.9 Å². The van der Waals surface area contributed by atoms with E-state index in [0.29, 0.717) is 29.1 Å². The van der Waals surface area contributed by atoms with Crippen LogP contribution in [0.5, 0.6) is 0 Å². The summed E-state index contributed by atoms with van der Waals surface area (Å²) in [5.41, 5.74) is 0.393. The monoisotopic (exact) mass is 379 g/mol. The molecule has 1 aromatic rings. The lowest BCUT2D eigenvalue weighted by molar-refractivity contribution is 0.0526. The second-order valence-corrected chi connectivity index (χ2v) is 7.93. The number of anilines is 1. The molecule has 2 aliphatic rings. The molecule has 0 unspecified atom stereocenters. The second-order valence-electron chi connectivity index (χ2n) is 7.52. The zero-order chi connectivity index (χ0) is 18.4. The minimum Gasteiger partial charge on any atom is -0.462 e. The van der Waals surface area contributed by atoms with Gasteiger partial charge in [0, 0.05) is 25.3 Å². The maximum Gasteiger partial charge on any atom is 0.339 e. The summed E-state index contributed by atoms with van der Waals surface area (Å²) in [5, 5.41) is 3.95. The van der Waals surface area contributed by atoms with Gasteiger partial charge in [-0.25, -0.2) is 9.78 Å². The molecule has 0 amide bonds. The third-order valence-corrected chi connectivity index (χ3v) is 5.73. The van der Waals surface area contributed by atoms with Crippen LogP contribution in [0.3, 0.4) is 0 Å². The van der Waals surface area contributed by atoms with E-state index in [1.165, 1.54) is 57.8 Å². The Morgan fingerprint density at radius 3 is 2.85 bits per heavy atom. The van der Waals surface area contributed by atoms with Crippen molar-refractivity contribution in [1.82, 2.24) is 9.88 Å². The number of pyridine rings is 1. The summed E-state index contributed by atoms with van der Waals surface area (Å²) in [7, 11) is 0. The standard InChI is InChI=1S/C20H30ClN3O2/c1-2-26-20(25)16-11-18(21)19(22-12-16)23-17-9-6-10-24(14-17)13-15-7-4-3-5-8-15/h11-12,15,17H,2-10,13-14H2,1H3,(H,22,23)/t17-/m0/s1. The van der Waals surface area contributed by atoms with Gasteiger partial charge >= 0.3 is 5.97 Å². The van der Waals surface area contributed by atoms with E-state index in [1.807, 2.05) is 0 Å². The molecule has 0 bridgehead atoms. The molecule has 0 spiro atoms. The Kier molecular flexibility index (Phi) is 7.15. The van der Waals surface area contributed by atoms with Crippen LogP contribution in [0.4, 0.5) is 5.82 Å². The summed E-state index contributed by atoms with van der Waals surface area (Å²) in [6, 6.07) is 1.99. The van der Waals surface area contributed by atoms with Crippen LogP contribution in [-0.2, 0) is 4.74 Å². The van der Waals surface area contributed by atoms with Gasteiger partial charge < -0.3 is 15.0 Å². The maximum atomic E-state index is 11.8. The second kappa shape index (κ2) is 9.56. The van der Waals surface area contributed by atoms with Crippen LogP contribution in [0, 0.1) is 5.92 Å². The molecule has 0 radical (unpaired) electrons. The average Bonchev–Trinajstić information content (AvgIpc) is 2.65. The molecular formula is C20H30ClN3O2. The summed E-state index contributed by atoms with van der Waals surface area (Å²) in [4.78, 5) is 18.7. The molecule has 1 saturated carbocycles. The summed E-state index contributed by atoms with van der Waals surface area (Å²) in [6.07, 6.45) is 10.8. The lowest BCUT2D eigenvalue weighted by Gasteiger charge is -2.36. The van der Waals surface area contributed by atoms with E-state index in [1.54, 1.807) is 13.0 Å². The number of carbonyl (C=O) groups is 1. The summed E-state index contributed by atoms with van der Waals surface area (Å²) in [6.45, 7) is 5.58. The topological polar surface area (TPSA) is 54.5 Å². The van der Waals surface area contributed by atoms with E-state index in [0.717, 1.165) is 18.9 Å². The maximum absolute atomic E-state index is 11.8. The molecular weight excluding hydrogens is 350 g/mol. The molecule has 3 rings (SSSR count). The van der Waals surface area contributed by atoms with Crippen molar-refractivity contribution in [3.05, 3.63) is 22.8 Å². The molecule has 1 aromatic heterocycles. The van der Waals surface area contributed by atoms with Crippen molar-refractivity contribution in [2.45, 2.75) is 57.9 Å². The molecule has 6 heteroatoms. The van der Waals surface area contributed by atoms with Crippen LogP contribution in [0.25, 0.3) is 0 Å². The number of hydrogen-bond acceptors (Lipinski definition) is 5. The zero-order valence-electron chi connectivity index (χ0n) is 15.7. The van der Waals surface area contributed by atoms with Gasteiger partial charge in [-0.2, -0.15) is 0 Å². The number of esters is 1. The number of ether oxygens (including phenoxy) is 1. The fraction of sp³-hybridized carbons (Fsp3) is 0.700. The highest BCUT2D eigenvalue weighted by atomic mass is 35.5. The summed E-state index contributed by atoms with van der Waals surface area (Å²) >= 11 is 6.34. The molecule has 1 aliphatic carbocycles. The van der Waals surface area contributed by atoms with Gasteiger partial charge in [0.25, 0.3) is 0 Å². The third-order valence-electron chi connectivity index (χ3n) is 5.44. The highest BCUT2D eigenvalue weighted by molar-refractivity contribution is 6.33. The van der Waals surface area contributed by atoms with Gasteiger partial charge in [-0.05, 0) is 51.1 Å². The Labute approximate surface area is 161 Å². The van der Waals surface area contributed by atoms with Gasteiger partial charge in [0.15, 0.2) is 0 Å². The number of nitrogens with zero attached hydrogens (tertiary/aromatic N) is 2. The highest BCUT2D eigenvalue weighted by Gasteiger charge is 2.24. The van der Waals surface area contributed by atoms with Crippen LogP contribution in [0.15, 0.2) is 12.3 Å². The van der Waals surface area contributed by atoms with Gasteiger partial charge in [0.2, 0.25) is 0 Å².